The van der Waals surface area contributed by atoms with E-state index in [1.54, 1.807) is 12.1 Å². The van der Waals surface area contributed by atoms with Crippen LogP contribution in [0.5, 0.6) is 0 Å². The number of hydrogen-bond donors (Lipinski definition) is 1. The van der Waals surface area contributed by atoms with Crippen LogP contribution >= 0.6 is 15.9 Å². The molecule has 2 aliphatic rings. The topological polar surface area (TPSA) is 15.3 Å². The highest BCUT2D eigenvalue weighted by atomic mass is 79.9. The molecule has 1 N–H and O–H groups in total. The zero-order chi connectivity index (χ0) is 13.3. The summed E-state index contributed by atoms with van der Waals surface area (Å²) >= 11 is 3.49. The molecule has 19 heavy (non-hydrogen) atoms. The number of hydrogen-bond acceptors (Lipinski definition) is 2. The molecule has 1 aliphatic carbocycles. The lowest BCUT2D eigenvalue weighted by Gasteiger charge is -2.47. The van der Waals surface area contributed by atoms with E-state index in [0.29, 0.717) is 0 Å². The molecule has 1 aromatic rings. The molecule has 0 amide bonds. The highest BCUT2D eigenvalue weighted by Crippen LogP contribution is 2.35. The van der Waals surface area contributed by atoms with Crippen LogP contribution < -0.4 is 10.2 Å². The van der Waals surface area contributed by atoms with E-state index in [-0.39, 0.29) is 11.4 Å². The quantitative estimate of drug-likeness (QED) is 0.846. The Balaban J connectivity index is 1.85. The molecule has 0 atom stereocenters. The van der Waals surface area contributed by atoms with Gasteiger partial charge in [-0.05, 0) is 40.9 Å². The Labute approximate surface area is 122 Å². The van der Waals surface area contributed by atoms with Gasteiger partial charge in [-0.15, -0.1) is 0 Å². The number of para-hydroxylation sites is 1. The minimum atomic E-state index is -0.123. The van der Waals surface area contributed by atoms with Gasteiger partial charge in [-0.2, -0.15) is 0 Å². The number of nitrogens with one attached hydrogen (secondary N) is 1. The number of nitrogens with zero attached hydrogens (tertiary/aromatic N) is 1. The molecule has 2 nitrogen and oxygen atoms in total. The molecule has 2 fully saturated rings. The molecule has 0 radical (unpaired) electrons. The summed E-state index contributed by atoms with van der Waals surface area (Å²) in [6.45, 7) is 2.74. The fourth-order valence-corrected chi connectivity index (χ4v) is 4.09. The minimum Gasteiger partial charge on any atom is -0.365 e. The summed E-state index contributed by atoms with van der Waals surface area (Å²) < 4.78 is 15.0. The van der Waals surface area contributed by atoms with Crippen LogP contribution in [0.1, 0.15) is 32.1 Å². The standard InChI is InChI=1S/C15H20BrFN2/c16-12-5-4-6-13(17)14(12)19-10-9-18-15(11-19)7-2-1-3-8-15/h4-6,18H,1-3,7-11H2. The molecule has 1 heterocycles. The molecule has 3 rings (SSSR count). The third-order valence-electron chi connectivity index (χ3n) is 4.44. The summed E-state index contributed by atoms with van der Waals surface area (Å²) in [6, 6.07) is 5.23. The first-order valence-corrected chi connectivity index (χ1v) is 7.94. The Morgan fingerprint density at radius 3 is 2.74 bits per heavy atom. The van der Waals surface area contributed by atoms with E-state index in [0.717, 1.165) is 29.8 Å². The van der Waals surface area contributed by atoms with Crippen molar-refractivity contribution < 1.29 is 4.39 Å². The van der Waals surface area contributed by atoms with E-state index in [1.807, 2.05) is 6.07 Å². The Kier molecular flexibility index (Phi) is 3.81. The average Bonchev–Trinajstić information content (AvgIpc) is 2.39. The van der Waals surface area contributed by atoms with Gasteiger partial charge in [0.1, 0.15) is 5.82 Å². The van der Waals surface area contributed by atoms with Crippen LogP contribution in [0.3, 0.4) is 0 Å². The summed E-state index contributed by atoms with van der Waals surface area (Å²) in [5.74, 6) is -0.123. The lowest BCUT2D eigenvalue weighted by molar-refractivity contribution is 0.215. The number of halogens is 2. The second-order valence-corrected chi connectivity index (χ2v) is 6.61. The van der Waals surface area contributed by atoms with Crippen molar-refractivity contribution in [1.82, 2.24) is 5.32 Å². The number of rotatable bonds is 1. The summed E-state index contributed by atoms with van der Waals surface area (Å²) in [4.78, 5) is 2.21. The zero-order valence-corrected chi connectivity index (χ0v) is 12.7. The molecule has 1 saturated heterocycles. The van der Waals surface area contributed by atoms with Gasteiger partial charge < -0.3 is 10.2 Å². The monoisotopic (exact) mass is 326 g/mol. The van der Waals surface area contributed by atoms with Crippen LogP contribution in [-0.4, -0.2) is 25.2 Å². The van der Waals surface area contributed by atoms with Gasteiger partial charge in [-0.3, -0.25) is 0 Å². The van der Waals surface area contributed by atoms with Crippen LogP contribution in [0.15, 0.2) is 22.7 Å². The van der Waals surface area contributed by atoms with E-state index < -0.39 is 0 Å². The normalized spacial score (nSPS) is 22.7. The van der Waals surface area contributed by atoms with Gasteiger partial charge in [0.25, 0.3) is 0 Å². The van der Waals surface area contributed by atoms with Crippen LogP contribution in [-0.2, 0) is 0 Å². The molecule has 104 valence electrons. The fourth-order valence-electron chi connectivity index (χ4n) is 3.50. The average molecular weight is 327 g/mol. The summed E-state index contributed by atoms with van der Waals surface area (Å²) in [5.41, 5.74) is 0.937. The molecule has 1 saturated carbocycles. The predicted molar refractivity (Wildman–Crippen MR) is 80.1 cm³/mol. The minimum absolute atomic E-state index is 0.123. The van der Waals surface area contributed by atoms with Crippen molar-refractivity contribution in [3.8, 4) is 0 Å². The second kappa shape index (κ2) is 5.41. The molecular weight excluding hydrogens is 307 g/mol. The van der Waals surface area contributed by atoms with Crippen molar-refractivity contribution in [2.75, 3.05) is 24.5 Å². The Morgan fingerprint density at radius 1 is 1.21 bits per heavy atom. The lowest BCUT2D eigenvalue weighted by Crippen LogP contribution is -2.61. The van der Waals surface area contributed by atoms with Gasteiger partial charge in [-0.25, -0.2) is 4.39 Å². The SMILES string of the molecule is Fc1cccc(Br)c1N1CCNC2(CCCCC2)C1. The third kappa shape index (κ3) is 2.65. The van der Waals surface area contributed by atoms with Crippen molar-refractivity contribution in [2.24, 2.45) is 0 Å². The maximum Gasteiger partial charge on any atom is 0.147 e. The molecule has 0 unspecified atom stereocenters. The van der Waals surface area contributed by atoms with Crippen LogP contribution in [0.25, 0.3) is 0 Å². The summed E-state index contributed by atoms with van der Waals surface area (Å²) in [6.07, 6.45) is 6.36. The molecular formula is C15H20BrFN2. The maximum atomic E-state index is 14.1. The van der Waals surface area contributed by atoms with Crippen molar-refractivity contribution in [2.45, 2.75) is 37.6 Å². The maximum absolute atomic E-state index is 14.1. The Hall–Kier alpha value is -0.610. The van der Waals surface area contributed by atoms with Crippen LogP contribution in [0.2, 0.25) is 0 Å². The summed E-state index contributed by atoms with van der Waals surface area (Å²) in [5, 5.41) is 3.69. The molecule has 1 aliphatic heterocycles. The smallest absolute Gasteiger partial charge is 0.147 e. The third-order valence-corrected chi connectivity index (χ3v) is 5.08. The van der Waals surface area contributed by atoms with Crippen molar-refractivity contribution >= 4 is 21.6 Å². The van der Waals surface area contributed by atoms with Crippen LogP contribution in [0, 0.1) is 5.82 Å². The Morgan fingerprint density at radius 2 is 2.00 bits per heavy atom. The van der Waals surface area contributed by atoms with Crippen molar-refractivity contribution in [3.63, 3.8) is 0 Å². The number of benzene rings is 1. The zero-order valence-electron chi connectivity index (χ0n) is 11.1. The molecule has 1 aromatic carbocycles. The highest BCUT2D eigenvalue weighted by molar-refractivity contribution is 9.10. The van der Waals surface area contributed by atoms with E-state index >= 15 is 0 Å². The van der Waals surface area contributed by atoms with E-state index in [9.17, 15) is 4.39 Å². The summed E-state index contributed by atoms with van der Waals surface area (Å²) in [7, 11) is 0. The molecule has 4 heteroatoms. The van der Waals surface area contributed by atoms with E-state index in [1.165, 1.54) is 32.1 Å². The Bertz CT molecular complexity index is 432. The molecule has 0 bridgehead atoms. The van der Waals surface area contributed by atoms with Gasteiger partial charge in [0.15, 0.2) is 0 Å². The lowest BCUT2D eigenvalue weighted by atomic mass is 9.80. The first-order valence-electron chi connectivity index (χ1n) is 7.14. The van der Waals surface area contributed by atoms with Crippen molar-refractivity contribution in [1.29, 1.82) is 0 Å². The highest BCUT2D eigenvalue weighted by Gasteiger charge is 2.37. The predicted octanol–water partition coefficient (Wildman–Crippen LogP) is 3.70. The first-order chi connectivity index (χ1) is 9.20. The number of anilines is 1. The molecule has 0 aromatic heterocycles. The van der Waals surface area contributed by atoms with Crippen molar-refractivity contribution in [3.05, 3.63) is 28.5 Å². The van der Waals surface area contributed by atoms with E-state index in [2.05, 4.69) is 26.1 Å². The largest absolute Gasteiger partial charge is 0.365 e. The van der Waals surface area contributed by atoms with Gasteiger partial charge in [0, 0.05) is 29.6 Å². The van der Waals surface area contributed by atoms with Crippen LogP contribution in [0.4, 0.5) is 10.1 Å². The van der Waals surface area contributed by atoms with Gasteiger partial charge in [-0.1, -0.05) is 25.3 Å². The molecule has 1 spiro atoms. The first kappa shape index (κ1) is 13.4. The van der Waals surface area contributed by atoms with Gasteiger partial charge in [0.05, 0.1) is 5.69 Å². The van der Waals surface area contributed by atoms with Gasteiger partial charge in [0.2, 0.25) is 0 Å². The van der Waals surface area contributed by atoms with Gasteiger partial charge >= 0.3 is 0 Å². The fraction of sp³-hybridized carbons (Fsp3) is 0.600. The number of piperazine rings is 1. The second-order valence-electron chi connectivity index (χ2n) is 5.76. The van der Waals surface area contributed by atoms with E-state index in [4.69, 9.17) is 0 Å².